The van der Waals surface area contributed by atoms with E-state index in [-0.39, 0.29) is 25.1 Å². The van der Waals surface area contributed by atoms with Gasteiger partial charge in [0.05, 0.1) is 6.61 Å². The van der Waals surface area contributed by atoms with Crippen molar-refractivity contribution in [2.75, 3.05) is 6.61 Å². The van der Waals surface area contributed by atoms with Crippen LogP contribution in [0.15, 0.2) is 12.2 Å². The lowest BCUT2D eigenvalue weighted by molar-refractivity contribution is 0.257. The number of hydrogen-bond donors (Lipinski definition) is 2. The van der Waals surface area contributed by atoms with Gasteiger partial charge >= 0.3 is 0 Å². The van der Waals surface area contributed by atoms with Gasteiger partial charge in [-0.3, -0.25) is 0 Å². The van der Waals surface area contributed by atoms with Crippen molar-refractivity contribution in [2.24, 2.45) is 5.73 Å². The first-order valence-corrected chi connectivity index (χ1v) is 5.32. The fourth-order valence-electron chi connectivity index (χ4n) is 1.22. The van der Waals surface area contributed by atoms with Crippen molar-refractivity contribution in [3.8, 4) is 0 Å². The molecule has 2 nitrogen and oxygen atoms in total. The van der Waals surface area contributed by atoms with Crippen molar-refractivity contribution in [3.63, 3.8) is 0 Å². The molecule has 0 aliphatic heterocycles. The van der Waals surface area contributed by atoms with Crippen molar-refractivity contribution >= 4 is 12.4 Å². The summed E-state index contributed by atoms with van der Waals surface area (Å²) in [5.41, 5.74) is 5.57. The Bertz CT molecular complexity index is 128. The van der Waals surface area contributed by atoms with E-state index < -0.39 is 0 Å². The number of aliphatic hydroxyl groups excluding tert-OH is 1. The van der Waals surface area contributed by atoms with E-state index in [1.54, 1.807) is 0 Å². The van der Waals surface area contributed by atoms with E-state index in [0.717, 1.165) is 19.3 Å². The van der Waals surface area contributed by atoms with Gasteiger partial charge < -0.3 is 10.8 Å². The molecule has 0 aliphatic rings. The van der Waals surface area contributed by atoms with E-state index in [1.165, 1.54) is 19.3 Å². The Hall–Kier alpha value is -0.0500. The van der Waals surface area contributed by atoms with Crippen LogP contribution in [0.1, 0.15) is 45.4 Å². The average molecular weight is 222 g/mol. The van der Waals surface area contributed by atoms with Crippen molar-refractivity contribution < 1.29 is 5.11 Å². The molecule has 0 saturated heterocycles. The molecule has 0 aromatic rings. The third-order valence-corrected chi connectivity index (χ3v) is 2.08. The fourth-order valence-corrected chi connectivity index (χ4v) is 1.22. The Labute approximate surface area is 94.0 Å². The molecule has 0 aromatic heterocycles. The van der Waals surface area contributed by atoms with E-state index in [2.05, 4.69) is 19.1 Å². The summed E-state index contributed by atoms with van der Waals surface area (Å²) in [4.78, 5) is 0. The molecule has 3 N–H and O–H groups in total. The summed E-state index contributed by atoms with van der Waals surface area (Å²) in [5, 5.41) is 8.67. The first-order valence-electron chi connectivity index (χ1n) is 5.32. The van der Waals surface area contributed by atoms with Crippen molar-refractivity contribution in [1.82, 2.24) is 0 Å². The van der Waals surface area contributed by atoms with Gasteiger partial charge in [0.15, 0.2) is 0 Å². The zero-order valence-corrected chi connectivity index (χ0v) is 9.93. The predicted octanol–water partition coefficient (Wildman–Crippen LogP) is 2.64. The highest BCUT2D eigenvalue weighted by Gasteiger charge is 1.98. The number of halogens is 1. The van der Waals surface area contributed by atoms with Gasteiger partial charge in [-0.1, -0.05) is 31.9 Å². The number of unbranched alkanes of at least 4 members (excludes halogenated alkanes) is 3. The van der Waals surface area contributed by atoms with Crippen molar-refractivity contribution in [1.29, 1.82) is 0 Å². The second-order valence-electron chi connectivity index (χ2n) is 3.46. The van der Waals surface area contributed by atoms with Crippen LogP contribution in [-0.4, -0.2) is 17.8 Å². The van der Waals surface area contributed by atoms with Crippen LogP contribution in [-0.2, 0) is 0 Å². The molecule has 0 aliphatic carbocycles. The minimum Gasteiger partial charge on any atom is -0.395 e. The highest BCUT2D eigenvalue weighted by atomic mass is 35.5. The second-order valence-corrected chi connectivity index (χ2v) is 3.46. The lowest BCUT2D eigenvalue weighted by Gasteiger charge is -2.06. The Kier molecular flexibility index (Phi) is 15.2. The van der Waals surface area contributed by atoms with Crippen LogP contribution >= 0.6 is 12.4 Å². The van der Waals surface area contributed by atoms with E-state index in [0.29, 0.717) is 0 Å². The summed E-state index contributed by atoms with van der Waals surface area (Å²) >= 11 is 0. The first kappa shape index (κ1) is 16.4. The lowest BCUT2D eigenvalue weighted by atomic mass is 10.1. The highest BCUT2D eigenvalue weighted by Crippen LogP contribution is 2.05. The first-order chi connectivity index (χ1) is 6.31. The van der Waals surface area contributed by atoms with Gasteiger partial charge in [-0.2, -0.15) is 0 Å². The fraction of sp³-hybridized carbons (Fsp3) is 0.818. The van der Waals surface area contributed by atoms with Crippen LogP contribution in [0.3, 0.4) is 0 Å². The molecule has 0 heterocycles. The quantitative estimate of drug-likeness (QED) is 0.489. The maximum Gasteiger partial charge on any atom is 0.0582 e. The molecule has 3 heteroatoms. The minimum absolute atomic E-state index is 0. The van der Waals surface area contributed by atoms with Crippen LogP contribution < -0.4 is 5.73 Å². The van der Waals surface area contributed by atoms with Crippen LogP contribution in [0, 0.1) is 0 Å². The molecule has 0 rings (SSSR count). The van der Waals surface area contributed by atoms with Gasteiger partial charge in [0.2, 0.25) is 0 Å². The van der Waals surface area contributed by atoms with E-state index in [1.807, 2.05) is 0 Å². The van der Waals surface area contributed by atoms with Crippen LogP contribution in [0.5, 0.6) is 0 Å². The van der Waals surface area contributed by atoms with Crippen LogP contribution in [0.2, 0.25) is 0 Å². The van der Waals surface area contributed by atoms with E-state index >= 15 is 0 Å². The monoisotopic (exact) mass is 221 g/mol. The molecule has 0 spiro atoms. The van der Waals surface area contributed by atoms with Gasteiger partial charge in [-0.25, -0.2) is 0 Å². The van der Waals surface area contributed by atoms with E-state index in [9.17, 15) is 0 Å². The standard InChI is InChI=1S/C11H23NO.ClH/c1-2-3-4-5-6-7-8-9-11(12)10-13;/h3-4,11,13H,2,5-10,12H2,1H3;1H/b4-3-;. The number of nitrogens with two attached hydrogens (primary N) is 1. The third kappa shape index (κ3) is 11.9. The molecular weight excluding hydrogens is 198 g/mol. The molecule has 86 valence electrons. The van der Waals surface area contributed by atoms with Crippen molar-refractivity contribution in [2.45, 2.75) is 51.5 Å². The number of allylic oxidation sites excluding steroid dienone is 2. The molecule has 0 saturated carbocycles. The summed E-state index contributed by atoms with van der Waals surface area (Å²) in [6, 6.07) is -0.00816. The average Bonchev–Trinajstić information content (AvgIpc) is 2.16. The maximum atomic E-state index is 8.67. The Morgan fingerprint density at radius 3 is 2.50 bits per heavy atom. The van der Waals surface area contributed by atoms with Gasteiger partial charge in [0.25, 0.3) is 0 Å². The van der Waals surface area contributed by atoms with Gasteiger partial charge in [-0.05, 0) is 25.7 Å². The lowest BCUT2D eigenvalue weighted by Crippen LogP contribution is -2.23. The van der Waals surface area contributed by atoms with Gasteiger partial charge in [0, 0.05) is 6.04 Å². The van der Waals surface area contributed by atoms with Crippen LogP contribution in [0.4, 0.5) is 0 Å². The van der Waals surface area contributed by atoms with Gasteiger partial charge in [0.1, 0.15) is 0 Å². The summed E-state index contributed by atoms with van der Waals surface area (Å²) in [5.74, 6) is 0. The summed E-state index contributed by atoms with van der Waals surface area (Å²) in [6.45, 7) is 2.27. The highest BCUT2D eigenvalue weighted by molar-refractivity contribution is 5.85. The summed E-state index contributed by atoms with van der Waals surface area (Å²) in [7, 11) is 0. The van der Waals surface area contributed by atoms with Gasteiger partial charge in [-0.15, -0.1) is 12.4 Å². The van der Waals surface area contributed by atoms with Crippen molar-refractivity contribution in [3.05, 3.63) is 12.2 Å². The molecule has 0 fully saturated rings. The van der Waals surface area contributed by atoms with Crippen LogP contribution in [0.25, 0.3) is 0 Å². The minimum atomic E-state index is -0.00816. The summed E-state index contributed by atoms with van der Waals surface area (Å²) in [6.07, 6.45) is 11.3. The molecule has 1 unspecified atom stereocenters. The summed E-state index contributed by atoms with van der Waals surface area (Å²) < 4.78 is 0. The Balaban J connectivity index is 0. The Morgan fingerprint density at radius 1 is 1.21 bits per heavy atom. The molecule has 0 aromatic carbocycles. The molecule has 0 radical (unpaired) electrons. The topological polar surface area (TPSA) is 46.2 Å². The molecule has 1 atom stereocenters. The second kappa shape index (κ2) is 12.9. The predicted molar refractivity (Wildman–Crippen MR) is 64.8 cm³/mol. The number of hydrogen-bond acceptors (Lipinski definition) is 2. The third-order valence-electron chi connectivity index (χ3n) is 2.08. The SMILES string of the molecule is CC/C=C\CCCCCC(N)CO.Cl. The molecular formula is C11H24ClNO. The molecule has 0 bridgehead atoms. The number of rotatable bonds is 8. The largest absolute Gasteiger partial charge is 0.395 e. The molecule has 14 heavy (non-hydrogen) atoms. The number of aliphatic hydroxyl groups is 1. The normalized spacial score (nSPS) is 12.8. The molecule has 0 amide bonds. The Morgan fingerprint density at radius 2 is 1.93 bits per heavy atom. The van der Waals surface area contributed by atoms with E-state index in [4.69, 9.17) is 10.8 Å². The zero-order valence-electron chi connectivity index (χ0n) is 9.11. The smallest absolute Gasteiger partial charge is 0.0582 e. The maximum absolute atomic E-state index is 8.67. The zero-order chi connectivity index (χ0) is 9.94.